The van der Waals surface area contributed by atoms with Crippen LogP contribution < -0.4 is 5.32 Å². The van der Waals surface area contributed by atoms with Crippen LogP contribution in [-0.4, -0.2) is 66.3 Å². The molecule has 0 radical (unpaired) electrons. The third-order valence-corrected chi connectivity index (χ3v) is 5.08. The third-order valence-electron chi connectivity index (χ3n) is 5.08. The summed E-state index contributed by atoms with van der Waals surface area (Å²) in [6.45, 7) is 6.41. The molecule has 1 N–H and O–H groups in total. The Labute approximate surface area is 166 Å². The zero-order valence-corrected chi connectivity index (χ0v) is 16.6. The maximum Gasteiger partial charge on any atom is 0.242 e. The molecule has 1 aromatic rings. The van der Waals surface area contributed by atoms with E-state index in [-0.39, 0.29) is 36.8 Å². The lowest BCUT2D eigenvalue weighted by Gasteiger charge is -2.26. The number of hydrogen-bond acceptors (Lipinski definition) is 4. The van der Waals surface area contributed by atoms with Crippen LogP contribution in [0, 0.1) is 11.8 Å². The molecule has 3 rings (SSSR count). The molecule has 2 aliphatic heterocycles. The second kappa shape index (κ2) is 9.19. The fourth-order valence-corrected chi connectivity index (χ4v) is 3.70. The van der Waals surface area contributed by atoms with Gasteiger partial charge in [0.2, 0.25) is 17.7 Å². The van der Waals surface area contributed by atoms with Gasteiger partial charge in [0.05, 0.1) is 25.2 Å². The predicted molar refractivity (Wildman–Crippen MR) is 104 cm³/mol. The quantitative estimate of drug-likeness (QED) is 0.791. The molecule has 2 saturated heterocycles. The van der Waals surface area contributed by atoms with Crippen LogP contribution in [0.4, 0.5) is 0 Å². The second-order valence-electron chi connectivity index (χ2n) is 8.04. The molecule has 7 nitrogen and oxygen atoms in total. The predicted octanol–water partition coefficient (Wildman–Crippen LogP) is 1.03. The minimum Gasteiger partial charge on any atom is -0.370 e. The van der Waals surface area contributed by atoms with E-state index in [9.17, 15) is 14.4 Å². The first kappa shape index (κ1) is 20.3. The van der Waals surface area contributed by atoms with Crippen LogP contribution in [0.3, 0.4) is 0 Å². The molecule has 0 saturated carbocycles. The highest BCUT2D eigenvalue weighted by molar-refractivity contribution is 5.91. The van der Waals surface area contributed by atoms with Gasteiger partial charge in [0.15, 0.2) is 0 Å². The zero-order valence-electron chi connectivity index (χ0n) is 16.6. The number of nitrogens with zero attached hydrogens (tertiary/aromatic N) is 2. The Hall–Kier alpha value is -2.41. The van der Waals surface area contributed by atoms with E-state index in [0.29, 0.717) is 38.7 Å². The average Bonchev–Trinajstić information content (AvgIpc) is 3.04. The van der Waals surface area contributed by atoms with E-state index in [4.69, 9.17) is 4.74 Å². The summed E-state index contributed by atoms with van der Waals surface area (Å²) in [5, 5.41) is 2.70. The first-order chi connectivity index (χ1) is 13.4. The molecule has 0 spiro atoms. The summed E-state index contributed by atoms with van der Waals surface area (Å²) in [4.78, 5) is 40.5. The van der Waals surface area contributed by atoms with Crippen molar-refractivity contribution < 1.29 is 19.1 Å². The molecule has 2 heterocycles. The molecular weight excluding hydrogens is 358 g/mol. The molecule has 7 heteroatoms. The maximum atomic E-state index is 12.9. The average molecular weight is 387 g/mol. The van der Waals surface area contributed by atoms with Crippen molar-refractivity contribution in [3.63, 3.8) is 0 Å². The van der Waals surface area contributed by atoms with Crippen molar-refractivity contribution >= 4 is 17.7 Å². The molecule has 0 bridgehead atoms. The van der Waals surface area contributed by atoms with Crippen LogP contribution in [-0.2, 0) is 25.7 Å². The summed E-state index contributed by atoms with van der Waals surface area (Å²) < 4.78 is 6.10. The number of nitrogens with one attached hydrogen (secondary N) is 1. The Morgan fingerprint density at radius 1 is 1.21 bits per heavy atom. The highest BCUT2D eigenvalue weighted by atomic mass is 16.5. The largest absolute Gasteiger partial charge is 0.370 e. The molecule has 2 aliphatic rings. The fraction of sp³-hybridized carbons (Fsp3) is 0.571. The van der Waals surface area contributed by atoms with E-state index >= 15 is 0 Å². The Bertz CT molecular complexity index is 707. The van der Waals surface area contributed by atoms with Crippen LogP contribution in [0.15, 0.2) is 30.3 Å². The van der Waals surface area contributed by atoms with Crippen molar-refractivity contribution in [3.8, 4) is 0 Å². The number of carbonyl (C=O) groups excluding carboxylic acids is 3. The van der Waals surface area contributed by atoms with Crippen LogP contribution >= 0.6 is 0 Å². The van der Waals surface area contributed by atoms with E-state index in [1.807, 2.05) is 30.3 Å². The Kier molecular flexibility index (Phi) is 6.67. The van der Waals surface area contributed by atoms with E-state index in [2.05, 4.69) is 19.2 Å². The molecule has 1 aromatic carbocycles. The molecule has 0 aromatic heterocycles. The number of amides is 3. The molecule has 2 fully saturated rings. The normalized spacial score (nSPS) is 23.1. The van der Waals surface area contributed by atoms with Crippen molar-refractivity contribution in [2.24, 2.45) is 11.8 Å². The van der Waals surface area contributed by atoms with Gasteiger partial charge in [-0.1, -0.05) is 44.2 Å². The minimum absolute atomic E-state index is 0.0431. The second-order valence-corrected chi connectivity index (χ2v) is 8.04. The smallest absolute Gasteiger partial charge is 0.242 e. The molecular formula is C21H29N3O4. The van der Waals surface area contributed by atoms with Gasteiger partial charge in [-0.3, -0.25) is 14.4 Å². The topological polar surface area (TPSA) is 79.0 Å². The van der Waals surface area contributed by atoms with Gasteiger partial charge in [0, 0.05) is 32.6 Å². The van der Waals surface area contributed by atoms with E-state index in [1.165, 1.54) is 0 Å². The first-order valence-corrected chi connectivity index (χ1v) is 9.91. The molecule has 3 amide bonds. The lowest BCUT2D eigenvalue weighted by Crippen LogP contribution is -2.43. The van der Waals surface area contributed by atoms with Gasteiger partial charge < -0.3 is 19.9 Å². The summed E-state index contributed by atoms with van der Waals surface area (Å²) in [5.74, 6) is -0.390. The number of ether oxygens (including phenoxy) is 1. The van der Waals surface area contributed by atoms with Gasteiger partial charge in [0.25, 0.3) is 0 Å². The monoisotopic (exact) mass is 387 g/mol. The van der Waals surface area contributed by atoms with Crippen LogP contribution in [0.25, 0.3) is 0 Å². The Morgan fingerprint density at radius 3 is 2.61 bits per heavy atom. The molecule has 2 atom stereocenters. The van der Waals surface area contributed by atoms with Gasteiger partial charge in [-0.25, -0.2) is 0 Å². The summed E-state index contributed by atoms with van der Waals surface area (Å²) in [6.07, 6.45) is -0.0752. The molecule has 0 aliphatic carbocycles. The molecule has 152 valence electrons. The third kappa shape index (κ3) is 5.32. The number of carbonyl (C=O) groups is 3. The van der Waals surface area contributed by atoms with Crippen molar-refractivity contribution in [2.45, 2.75) is 33.0 Å². The zero-order chi connectivity index (χ0) is 20.1. The highest BCUT2D eigenvalue weighted by Crippen LogP contribution is 2.18. The number of hydrogen-bond donors (Lipinski definition) is 1. The lowest BCUT2D eigenvalue weighted by molar-refractivity contribution is -0.141. The van der Waals surface area contributed by atoms with Gasteiger partial charge in [0.1, 0.15) is 0 Å². The summed E-state index contributed by atoms with van der Waals surface area (Å²) in [7, 11) is 0. The van der Waals surface area contributed by atoms with Crippen molar-refractivity contribution in [1.29, 1.82) is 0 Å². The van der Waals surface area contributed by atoms with Crippen LogP contribution in [0.2, 0.25) is 0 Å². The number of rotatable bonds is 6. The first-order valence-electron chi connectivity index (χ1n) is 9.91. The van der Waals surface area contributed by atoms with E-state index in [0.717, 1.165) is 5.56 Å². The maximum absolute atomic E-state index is 12.9. The Balaban J connectivity index is 1.71. The standard InChI is InChI=1S/C21H29N3O4/c1-15(2)10-23-11-18(28-14-16-6-4-3-5-7-16)12-24(13-20(23)26)21(27)17-8-19(25)22-9-17/h3-7,15,17-18H,8-14H2,1-2H3,(H,22,25). The van der Waals surface area contributed by atoms with Crippen LogP contribution in [0.1, 0.15) is 25.8 Å². The summed E-state index contributed by atoms with van der Waals surface area (Å²) in [5.41, 5.74) is 1.05. The van der Waals surface area contributed by atoms with Gasteiger partial charge in [-0.05, 0) is 11.5 Å². The van der Waals surface area contributed by atoms with Gasteiger partial charge >= 0.3 is 0 Å². The molecule has 28 heavy (non-hydrogen) atoms. The van der Waals surface area contributed by atoms with Crippen LogP contribution in [0.5, 0.6) is 0 Å². The van der Waals surface area contributed by atoms with Crippen molar-refractivity contribution in [3.05, 3.63) is 35.9 Å². The SMILES string of the molecule is CC(C)CN1CC(OCc2ccccc2)CN(C(=O)C2CNC(=O)C2)CC1=O. The Morgan fingerprint density at radius 2 is 1.96 bits per heavy atom. The van der Waals surface area contributed by atoms with E-state index < -0.39 is 5.92 Å². The number of benzene rings is 1. The minimum atomic E-state index is -0.397. The fourth-order valence-electron chi connectivity index (χ4n) is 3.70. The van der Waals surface area contributed by atoms with Crippen molar-refractivity contribution in [1.82, 2.24) is 15.1 Å². The van der Waals surface area contributed by atoms with Gasteiger partial charge in [-0.2, -0.15) is 0 Å². The summed E-state index contributed by atoms with van der Waals surface area (Å²) in [6, 6.07) is 9.86. The highest BCUT2D eigenvalue weighted by Gasteiger charge is 2.36. The summed E-state index contributed by atoms with van der Waals surface area (Å²) >= 11 is 0. The molecule has 2 unspecified atom stereocenters. The lowest BCUT2D eigenvalue weighted by atomic mass is 10.1. The van der Waals surface area contributed by atoms with Crippen molar-refractivity contribution in [2.75, 3.05) is 32.7 Å². The van der Waals surface area contributed by atoms with Gasteiger partial charge in [-0.15, -0.1) is 0 Å². The van der Waals surface area contributed by atoms with E-state index in [1.54, 1.807) is 9.80 Å².